The minimum atomic E-state index is -0.134. The highest BCUT2D eigenvalue weighted by Gasteiger charge is 2.41. The molecule has 4 aromatic rings. The molecule has 2 aromatic carbocycles. The summed E-state index contributed by atoms with van der Waals surface area (Å²) in [5.74, 6) is -0.0343. The number of nitrogens with zero attached hydrogens (tertiary/aromatic N) is 3. The zero-order chi connectivity index (χ0) is 27.7. The molecule has 3 heterocycles. The number of aromatic nitrogens is 2. The summed E-state index contributed by atoms with van der Waals surface area (Å²) in [6.07, 6.45) is 2.13. The molecule has 1 amide bonds. The minimum absolute atomic E-state index is 0.0343. The molecule has 7 heteroatoms. The molecule has 39 heavy (non-hydrogen) atoms. The Kier molecular flexibility index (Phi) is 7.53. The predicted octanol–water partition coefficient (Wildman–Crippen LogP) is 6.42. The van der Waals surface area contributed by atoms with Gasteiger partial charge in [-0.05, 0) is 99.4 Å². The molecular weight excluding hydrogens is 502 g/mol. The van der Waals surface area contributed by atoms with Gasteiger partial charge in [0.15, 0.2) is 5.11 Å². The molecule has 0 bridgehead atoms. The average Bonchev–Trinajstić information content (AvgIpc) is 3.40. The summed E-state index contributed by atoms with van der Waals surface area (Å²) in [7, 11) is 0. The number of para-hydroxylation sites is 1. The number of rotatable bonds is 7. The fourth-order valence-electron chi connectivity index (χ4n) is 5.55. The number of aryl methyl sites for hydroxylation is 4. The van der Waals surface area contributed by atoms with Crippen molar-refractivity contribution in [3.63, 3.8) is 0 Å². The van der Waals surface area contributed by atoms with Crippen LogP contribution >= 0.6 is 12.2 Å². The molecule has 2 N–H and O–H groups in total. The van der Waals surface area contributed by atoms with Crippen molar-refractivity contribution in [1.29, 1.82) is 0 Å². The number of carbonyl (C=O) groups excluding carboxylic acids is 1. The second-order valence-corrected chi connectivity index (χ2v) is 10.8. The Morgan fingerprint density at radius 1 is 0.974 bits per heavy atom. The quantitative estimate of drug-likeness (QED) is 0.267. The van der Waals surface area contributed by atoms with Crippen molar-refractivity contribution < 1.29 is 4.79 Å². The minimum Gasteiger partial charge on any atom is -0.352 e. The van der Waals surface area contributed by atoms with Gasteiger partial charge >= 0.3 is 0 Å². The molecule has 0 spiro atoms. The van der Waals surface area contributed by atoms with Gasteiger partial charge in [-0.15, -0.1) is 0 Å². The van der Waals surface area contributed by atoms with Gasteiger partial charge < -0.3 is 20.1 Å². The number of carbonyl (C=O) groups is 1. The Hall–Kier alpha value is -3.97. The molecule has 2 aromatic heterocycles. The lowest BCUT2D eigenvalue weighted by Gasteiger charge is -2.28. The van der Waals surface area contributed by atoms with Crippen LogP contribution in [0.2, 0.25) is 0 Å². The molecule has 6 nitrogen and oxygen atoms in total. The summed E-state index contributed by atoms with van der Waals surface area (Å²) >= 11 is 5.86. The van der Waals surface area contributed by atoms with Crippen LogP contribution in [0.15, 0.2) is 72.9 Å². The third-order valence-corrected chi connectivity index (χ3v) is 7.94. The number of pyridine rings is 1. The first-order valence-electron chi connectivity index (χ1n) is 13.3. The van der Waals surface area contributed by atoms with E-state index in [4.69, 9.17) is 12.2 Å². The van der Waals surface area contributed by atoms with Crippen molar-refractivity contribution in [3.05, 3.63) is 112 Å². The van der Waals surface area contributed by atoms with Crippen molar-refractivity contribution in [2.45, 2.75) is 53.1 Å². The molecule has 0 aliphatic carbocycles. The molecule has 1 aliphatic rings. The van der Waals surface area contributed by atoms with Gasteiger partial charge in [-0.3, -0.25) is 9.78 Å². The maximum atomic E-state index is 13.0. The van der Waals surface area contributed by atoms with Gasteiger partial charge in [-0.1, -0.05) is 36.4 Å². The number of hydrogen-bond acceptors (Lipinski definition) is 3. The molecule has 0 unspecified atom stereocenters. The van der Waals surface area contributed by atoms with E-state index in [1.165, 1.54) is 22.4 Å². The lowest BCUT2D eigenvalue weighted by molar-refractivity contribution is -0.116. The standard InChI is InChI=1S/C32H35N5OS/c1-20-13-14-22(3)28(18-20)37-23(4)19-25(24(37)5)31-30(27-12-8-9-16-33-27)35-32(39)36(31)17-15-29(38)34-26-11-7-6-10-21(26)2/h6-14,16,18-19,30-31H,15,17H2,1-5H3,(H,34,38)(H,35,39)/t30-,31-/m1/s1. The fraction of sp³-hybridized carbons (Fsp3) is 0.281. The first-order chi connectivity index (χ1) is 18.7. The molecule has 1 aliphatic heterocycles. The molecule has 200 valence electrons. The Labute approximate surface area is 236 Å². The van der Waals surface area contributed by atoms with Crippen molar-refractivity contribution in [3.8, 4) is 5.69 Å². The fourth-order valence-corrected chi connectivity index (χ4v) is 5.88. The first-order valence-corrected chi connectivity index (χ1v) is 13.8. The Morgan fingerprint density at radius 3 is 2.49 bits per heavy atom. The average molecular weight is 538 g/mol. The van der Waals surface area contributed by atoms with E-state index in [-0.39, 0.29) is 18.0 Å². The Bertz CT molecular complexity index is 1530. The molecule has 2 atom stereocenters. The van der Waals surface area contributed by atoms with Crippen LogP contribution in [-0.2, 0) is 4.79 Å². The van der Waals surface area contributed by atoms with Crippen LogP contribution in [0.5, 0.6) is 0 Å². The van der Waals surface area contributed by atoms with Gasteiger partial charge in [0.2, 0.25) is 5.91 Å². The summed E-state index contributed by atoms with van der Waals surface area (Å²) in [6, 6.07) is 22.4. The lowest BCUT2D eigenvalue weighted by atomic mass is 9.96. The van der Waals surface area contributed by atoms with Crippen LogP contribution in [-0.4, -0.2) is 32.0 Å². The zero-order valence-electron chi connectivity index (χ0n) is 23.2. The van der Waals surface area contributed by atoms with Crippen molar-refractivity contribution in [2.75, 3.05) is 11.9 Å². The summed E-state index contributed by atoms with van der Waals surface area (Å²) in [5.41, 5.74) is 9.92. The highest BCUT2D eigenvalue weighted by Crippen LogP contribution is 2.41. The third kappa shape index (κ3) is 5.32. The monoisotopic (exact) mass is 537 g/mol. The van der Waals surface area contributed by atoms with Crippen LogP contribution in [0.4, 0.5) is 5.69 Å². The predicted molar refractivity (Wildman–Crippen MR) is 161 cm³/mol. The van der Waals surface area contributed by atoms with E-state index in [0.29, 0.717) is 18.1 Å². The normalized spacial score (nSPS) is 16.8. The Morgan fingerprint density at radius 2 is 1.74 bits per heavy atom. The third-order valence-electron chi connectivity index (χ3n) is 7.59. The van der Waals surface area contributed by atoms with E-state index in [0.717, 1.165) is 28.3 Å². The number of hydrogen-bond donors (Lipinski definition) is 2. The second-order valence-electron chi connectivity index (χ2n) is 10.4. The van der Waals surface area contributed by atoms with E-state index in [1.54, 1.807) is 0 Å². The smallest absolute Gasteiger partial charge is 0.226 e. The van der Waals surface area contributed by atoms with Crippen molar-refractivity contribution in [1.82, 2.24) is 19.8 Å². The molecule has 0 radical (unpaired) electrons. The highest BCUT2D eigenvalue weighted by atomic mass is 32.1. The van der Waals surface area contributed by atoms with E-state index < -0.39 is 0 Å². The van der Waals surface area contributed by atoms with E-state index >= 15 is 0 Å². The van der Waals surface area contributed by atoms with E-state index in [1.807, 2.05) is 55.6 Å². The molecule has 5 rings (SSSR count). The van der Waals surface area contributed by atoms with Crippen molar-refractivity contribution in [2.24, 2.45) is 0 Å². The molecule has 0 saturated carbocycles. The number of amides is 1. The maximum absolute atomic E-state index is 13.0. The molecule has 1 fully saturated rings. The van der Waals surface area contributed by atoms with Crippen LogP contribution in [0.1, 0.15) is 57.8 Å². The largest absolute Gasteiger partial charge is 0.352 e. The number of benzene rings is 2. The summed E-state index contributed by atoms with van der Waals surface area (Å²) in [6.45, 7) is 11.1. The van der Waals surface area contributed by atoms with Gasteiger partial charge in [0.25, 0.3) is 0 Å². The first kappa shape index (κ1) is 26.6. The lowest BCUT2D eigenvalue weighted by Crippen LogP contribution is -2.33. The maximum Gasteiger partial charge on any atom is 0.226 e. The molecular formula is C32H35N5OS. The van der Waals surface area contributed by atoms with Crippen LogP contribution in [0.3, 0.4) is 0 Å². The van der Waals surface area contributed by atoms with E-state index in [9.17, 15) is 4.79 Å². The van der Waals surface area contributed by atoms with Crippen LogP contribution in [0, 0.1) is 34.6 Å². The Balaban J connectivity index is 1.50. The van der Waals surface area contributed by atoms with Gasteiger partial charge in [0.1, 0.15) is 0 Å². The van der Waals surface area contributed by atoms with Gasteiger partial charge in [-0.2, -0.15) is 0 Å². The summed E-state index contributed by atoms with van der Waals surface area (Å²) in [4.78, 5) is 19.8. The molecule has 1 saturated heterocycles. The van der Waals surface area contributed by atoms with Gasteiger partial charge in [0.05, 0.1) is 17.8 Å². The number of nitrogens with one attached hydrogen (secondary N) is 2. The summed E-state index contributed by atoms with van der Waals surface area (Å²) < 4.78 is 2.33. The van der Waals surface area contributed by atoms with Crippen molar-refractivity contribution >= 4 is 28.9 Å². The summed E-state index contributed by atoms with van der Waals surface area (Å²) in [5, 5.41) is 7.21. The van der Waals surface area contributed by atoms with Gasteiger partial charge in [0, 0.05) is 41.9 Å². The van der Waals surface area contributed by atoms with Crippen LogP contribution < -0.4 is 10.6 Å². The van der Waals surface area contributed by atoms with Crippen LogP contribution in [0.25, 0.3) is 5.69 Å². The topological polar surface area (TPSA) is 62.2 Å². The second kappa shape index (κ2) is 11.0. The number of thiocarbonyl (C=S) groups is 1. The highest BCUT2D eigenvalue weighted by molar-refractivity contribution is 7.80. The SMILES string of the molecule is Cc1ccc(C)c(-n2c(C)cc([C@@H]3[C@@H](c4ccccn4)NC(=S)N3CCC(=O)Nc3ccccc3C)c2C)c1. The van der Waals surface area contributed by atoms with Gasteiger partial charge in [-0.25, -0.2) is 0 Å². The van der Waals surface area contributed by atoms with E-state index in [2.05, 4.69) is 77.0 Å². The zero-order valence-corrected chi connectivity index (χ0v) is 24.0. The number of anilines is 1.